The van der Waals surface area contributed by atoms with Gasteiger partial charge in [-0.2, -0.15) is 0 Å². The topological polar surface area (TPSA) is 200 Å². The van der Waals surface area contributed by atoms with Crippen molar-refractivity contribution in [3.8, 4) is 0 Å². The van der Waals surface area contributed by atoms with Gasteiger partial charge in [-0.25, -0.2) is 0 Å². The number of aliphatic hydroxyl groups is 5. The van der Waals surface area contributed by atoms with Crippen molar-refractivity contribution in [2.75, 3.05) is 14.2 Å². The lowest BCUT2D eigenvalue weighted by atomic mass is 9.40. The molecule has 2 heterocycles. The van der Waals surface area contributed by atoms with Gasteiger partial charge >= 0.3 is 5.97 Å². The Morgan fingerprint density at radius 3 is 2.19 bits per heavy atom. The summed E-state index contributed by atoms with van der Waals surface area (Å²) >= 11 is 0. The van der Waals surface area contributed by atoms with E-state index in [4.69, 9.17) is 33.2 Å². The van der Waals surface area contributed by atoms with Gasteiger partial charge in [-0.15, -0.1) is 0 Å². The van der Waals surface area contributed by atoms with Crippen molar-refractivity contribution in [1.29, 1.82) is 0 Å². The highest BCUT2D eigenvalue weighted by atomic mass is 16.7. The van der Waals surface area contributed by atoms with Gasteiger partial charge in [0, 0.05) is 37.9 Å². The molecule has 6 aliphatic rings. The third-order valence-electron chi connectivity index (χ3n) is 15.3. The third kappa shape index (κ3) is 6.51. The molecule has 14 nitrogen and oxygen atoms in total. The quantitative estimate of drug-likeness (QED) is 0.160. The van der Waals surface area contributed by atoms with Crippen LogP contribution in [0.1, 0.15) is 106 Å². The predicted molar refractivity (Wildman–Crippen MR) is 192 cm³/mol. The number of carbonyl (C=O) groups excluding carboxylic acids is 2. The van der Waals surface area contributed by atoms with Crippen molar-refractivity contribution in [3.63, 3.8) is 0 Å². The van der Waals surface area contributed by atoms with Crippen LogP contribution < -0.4 is 0 Å². The standard InChI is InChI=1S/C40H66O14/c1-10-19(2)35(45)53-32-33-37(6)14-12-24(17-23(37)11-15-39(33,46)40(47)16-13-25(20(3)41)38(40,7)34(32)44)52-27-18-26(48-8)30(22(5)50-27)54-36-29(43)31(49-9)28(42)21(4)51-36/h19,21-34,36,42-44,46-47H,10-18H2,1-9H3/t19-,21-,22-,23+,24+,25-,26-,27+,28-,29-,30-,31-,32+,33-,34-,36+,37+,38+,39+,40-/m1/s1. The molecule has 0 aromatic carbocycles. The van der Waals surface area contributed by atoms with E-state index in [1.54, 1.807) is 27.9 Å². The number of hydrogen-bond acceptors (Lipinski definition) is 14. The summed E-state index contributed by atoms with van der Waals surface area (Å²) < 4.78 is 42.5. The van der Waals surface area contributed by atoms with Crippen LogP contribution >= 0.6 is 0 Å². The van der Waals surface area contributed by atoms with Gasteiger partial charge in [0.2, 0.25) is 0 Å². The second-order valence-electron chi connectivity index (χ2n) is 17.9. The van der Waals surface area contributed by atoms with Crippen molar-refractivity contribution >= 4 is 11.8 Å². The molecule has 0 radical (unpaired) electrons. The molecule has 4 aliphatic carbocycles. The molecule has 0 amide bonds. The molecule has 4 saturated carbocycles. The number of ether oxygens (including phenoxy) is 7. The average molecular weight is 771 g/mol. The largest absolute Gasteiger partial charge is 0.459 e. The summed E-state index contributed by atoms with van der Waals surface area (Å²) in [5.74, 6) is -2.53. The fraction of sp³-hybridized carbons (Fsp3) is 0.950. The maximum absolute atomic E-state index is 13.4. The highest BCUT2D eigenvalue weighted by Crippen LogP contribution is 2.71. The van der Waals surface area contributed by atoms with Gasteiger partial charge in [-0.05, 0) is 83.5 Å². The monoisotopic (exact) mass is 770 g/mol. The van der Waals surface area contributed by atoms with Crippen LogP contribution in [0.3, 0.4) is 0 Å². The smallest absolute Gasteiger partial charge is 0.309 e. The number of methoxy groups -OCH3 is 2. The lowest BCUT2D eigenvalue weighted by Gasteiger charge is -2.69. The zero-order chi connectivity index (χ0) is 39.7. The summed E-state index contributed by atoms with van der Waals surface area (Å²) in [6.45, 7) is 12.4. The Labute approximate surface area is 319 Å². The van der Waals surface area contributed by atoms with E-state index in [-0.39, 0.29) is 30.6 Å². The molecular formula is C40H66O14. The van der Waals surface area contributed by atoms with Crippen molar-refractivity contribution in [1.82, 2.24) is 0 Å². The minimum atomic E-state index is -1.76. The SMILES string of the molecule is CC[C@@H](C)C(=O)O[C@@H]1[C@@H](O)[C@]2(C)[C@@H](C(C)=O)CC[C@]2(O)[C@]2(O)CC[C@H]3C[C@@H](O[C@H]4C[C@@H](OC)[C@H](O[C@@H]5O[C@H](C)[C@@H](O)[C@@H](OC)[C@H]5O)[C@@H](C)O4)CC[C@]3(C)[C@@H]12. The molecular weight excluding hydrogens is 704 g/mol. The number of hydrogen-bond donors (Lipinski definition) is 5. The molecule has 0 aromatic heterocycles. The van der Waals surface area contributed by atoms with Crippen molar-refractivity contribution < 1.29 is 68.3 Å². The Morgan fingerprint density at radius 1 is 0.852 bits per heavy atom. The summed E-state index contributed by atoms with van der Waals surface area (Å²) in [4.78, 5) is 26.4. The number of esters is 1. The molecule has 20 atom stereocenters. The first-order valence-corrected chi connectivity index (χ1v) is 20.2. The van der Waals surface area contributed by atoms with E-state index >= 15 is 0 Å². The Balaban J connectivity index is 1.19. The zero-order valence-corrected chi connectivity index (χ0v) is 33.5. The first-order chi connectivity index (χ1) is 25.3. The lowest BCUT2D eigenvalue weighted by molar-refractivity contribution is -0.353. The second kappa shape index (κ2) is 15.5. The maximum atomic E-state index is 13.4. The molecule has 5 N–H and O–H groups in total. The Kier molecular flexibility index (Phi) is 12.1. The Hall–Kier alpha value is -1.30. The maximum Gasteiger partial charge on any atom is 0.309 e. The molecule has 0 spiro atoms. The summed E-state index contributed by atoms with van der Waals surface area (Å²) in [5, 5.41) is 59.1. The van der Waals surface area contributed by atoms with Crippen molar-refractivity contribution in [2.45, 2.75) is 191 Å². The van der Waals surface area contributed by atoms with E-state index < -0.39 is 113 Å². The molecule has 6 rings (SSSR count). The molecule has 0 bridgehead atoms. The Bertz CT molecular complexity index is 1370. The number of Topliss-reactive ketones (excluding diaryl/α,β-unsaturated/α-hetero) is 1. The molecule has 6 fully saturated rings. The van der Waals surface area contributed by atoms with Gasteiger partial charge in [0.1, 0.15) is 53.6 Å². The van der Waals surface area contributed by atoms with Crippen LogP contribution in [0, 0.1) is 34.5 Å². The van der Waals surface area contributed by atoms with E-state index in [1.165, 1.54) is 14.0 Å². The van der Waals surface area contributed by atoms with Crippen LogP contribution in [-0.4, -0.2) is 136 Å². The molecule has 54 heavy (non-hydrogen) atoms. The number of ketones is 1. The van der Waals surface area contributed by atoms with Crippen LogP contribution in [0.2, 0.25) is 0 Å². The normalized spacial score (nSPS) is 52.4. The van der Waals surface area contributed by atoms with Gasteiger partial charge in [0.15, 0.2) is 12.6 Å². The second-order valence-corrected chi connectivity index (χ2v) is 17.9. The number of rotatable bonds is 10. The van der Waals surface area contributed by atoms with Gasteiger partial charge in [-0.1, -0.05) is 27.7 Å². The third-order valence-corrected chi connectivity index (χ3v) is 15.3. The summed E-state index contributed by atoms with van der Waals surface area (Å²) in [7, 11) is 3.00. The number of carbonyl (C=O) groups is 2. The van der Waals surface area contributed by atoms with Gasteiger partial charge in [0.25, 0.3) is 0 Å². The fourth-order valence-electron chi connectivity index (χ4n) is 11.9. The average Bonchev–Trinajstić information content (AvgIpc) is 3.42. The first kappa shape index (κ1) is 42.3. The highest BCUT2D eigenvalue weighted by molar-refractivity contribution is 5.80. The molecule has 14 heteroatoms. The minimum absolute atomic E-state index is 0.00261. The molecule has 0 aromatic rings. The van der Waals surface area contributed by atoms with Crippen LogP contribution in [0.25, 0.3) is 0 Å². The summed E-state index contributed by atoms with van der Waals surface area (Å²) in [6, 6.07) is 0. The van der Waals surface area contributed by atoms with Crippen LogP contribution in [0.5, 0.6) is 0 Å². The van der Waals surface area contributed by atoms with E-state index in [2.05, 4.69) is 6.92 Å². The Morgan fingerprint density at radius 2 is 1.56 bits per heavy atom. The fourth-order valence-corrected chi connectivity index (χ4v) is 11.9. The number of fused-ring (bicyclic) bond motifs is 5. The van der Waals surface area contributed by atoms with Crippen LogP contribution in [0.4, 0.5) is 0 Å². The van der Waals surface area contributed by atoms with Crippen LogP contribution in [0.15, 0.2) is 0 Å². The van der Waals surface area contributed by atoms with Gasteiger partial charge in [0.05, 0.1) is 30.3 Å². The van der Waals surface area contributed by atoms with Crippen LogP contribution in [-0.2, 0) is 42.7 Å². The molecule has 0 unspecified atom stereocenters. The van der Waals surface area contributed by atoms with E-state index in [0.717, 1.165) is 0 Å². The van der Waals surface area contributed by atoms with E-state index in [9.17, 15) is 35.1 Å². The minimum Gasteiger partial charge on any atom is -0.459 e. The lowest BCUT2D eigenvalue weighted by Crippen LogP contribution is -2.81. The summed E-state index contributed by atoms with van der Waals surface area (Å²) in [5.41, 5.74) is -5.52. The van der Waals surface area contributed by atoms with E-state index in [0.29, 0.717) is 44.9 Å². The van der Waals surface area contributed by atoms with Gasteiger partial charge in [-0.3, -0.25) is 9.59 Å². The van der Waals surface area contributed by atoms with Gasteiger partial charge < -0.3 is 58.7 Å². The zero-order valence-electron chi connectivity index (χ0n) is 33.5. The van der Waals surface area contributed by atoms with Crippen molar-refractivity contribution in [2.24, 2.45) is 34.5 Å². The first-order valence-electron chi connectivity index (χ1n) is 20.2. The van der Waals surface area contributed by atoms with Crippen molar-refractivity contribution in [3.05, 3.63) is 0 Å². The summed E-state index contributed by atoms with van der Waals surface area (Å²) in [6.07, 6.45) is -5.72. The number of aliphatic hydroxyl groups excluding tert-OH is 3. The molecule has 2 saturated heterocycles. The molecule has 2 aliphatic heterocycles. The van der Waals surface area contributed by atoms with E-state index in [1.807, 2.05) is 13.8 Å². The predicted octanol–water partition coefficient (Wildman–Crippen LogP) is 2.40. The molecule has 310 valence electrons. The highest BCUT2D eigenvalue weighted by Gasteiger charge is 2.80.